The van der Waals surface area contributed by atoms with Crippen molar-refractivity contribution in [3.05, 3.63) is 0 Å². The summed E-state index contributed by atoms with van der Waals surface area (Å²) < 4.78 is 22.0. The zero-order chi connectivity index (χ0) is 12.2. The van der Waals surface area contributed by atoms with E-state index in [1.165, 1.54) is 7.11 Å². The molecule has 0 amide bonds. The van der Waals surface area contributed by atoms with Gasteiger partial charge in [0.05, 0.1) is 18.6 Å². The molecule has 0 aromatic heterocycles. The molecule has 1 aliphatic rings. The first-order chi connectivity index (χ1) is 7.45. The number of carbonyl (C=O) groups excluding carboxylic acids is 1. The predicted octanol–water partition coefficient (Wildman–Crippen LogP) is 1.11. The maximum absolute atomic E-state index is 11.9. The molecule has 1 heterocycles. The molecule has 4 nitrogen and oxygen atoms in total. The summed E-state index contributed by atoms with van der Waals surface area (Å²) in [5, 5.41) is 0. The Morgan fingerprint density at radius 1 is 1.56 bits per heavy atom. The molecular weight excluding hydrogens is 228 g/mol. The van der Waals surface area contributed by atoms with Crippen LogP contribution < -0.4 is 0 Å². The highest BCUT2D eigenvalue weighted by molar-refractivity contribution is 7.85. The Morgan fingerprint density at radius 3 is 2.75 bits per heavy atom. The lowest BCUT2D eigenvalue weighted by Crippen LogP contribution is -2.33. The Morgan fingerprint density at radius 2 is 2.25 bits per heavy atom. The Kier molecular flexibility index (Phi) is 4.92. The van der Waals surface area contributed by atoms with E-state index in [1.807, 2.05) is 0 Å². The molecule has 0 N–H and O–H groups in total. The van der Waals surface area contributed by atoms with Crippen molar-refractivity contribution in [3.8, 4) is 0 Å². The predicted molar refractivity (Wildman–Crippen MR) is 62.6 cm³/mol. The maximum Gasteiger partial charge on any atom is 0.312 e. The van der Waals surface area contributed by atoms with Gasteiger partial charge in [0, 0.05) is 28.9 Å². The fourth-order valence-electron chi connectivity index (χ4n) is 1.78. The van der Waals surface area contributed by atoms with Gasteiger partial charge in [0.25, 0.3) is 0 Å². The number of methoxy groups -OCH3 is 1. The number of hydrogen-bond acceptors (Lipinski definition) is 4. The Hall–Kier alpha value is -0.420. The van der Waals surface area contributed by atoms with Crippen LogP contribution >= 0.6 is 0 Å². The van der Waals surface area contributed by atoms with Gasteiger partial charge in [-0.1, -0.05) is 0 Å². The van der Waals surface area contributed by atoms with Crippen LogP contribution in [0.2, 0.25) is 0 Å². The van der Waals surface area contributed by atoms with Gasteiger partial charge in [-0.3, -0.25) is 9.00 Å². The third-order valence-corrected chi connectivity index (χ3v) is 4.44. The smallest absolute Gasteiger partial charge is 0.312 e. The molecule has 0 bridgehead atoms. The van der Waals surface area contributed by atoms with Crippen LogP contribution in [0, 0.1) is 5.41 Å². The molecule has 5 heteroatoms. The van der Waals surface area contributed by atoms with E-state index >= 15 is 0 Å². The van der Waals surface area contributed by atoms with Crippen molar-refractivity contribution in [3.63, 3.8) is 0 Å². The minimum Gasteiger partial charge on any atom is -0.469 e. The lowest BCUT2D eigenvalue weighted by atomic mass is 9.97. The zero-order valence-electron chi connectivity index (χ0n) is 10.2. The number of esters is 1. The number of ether oxygens (including phenoxy) is 2. The topological polar surface area (TPSA) is 52.6 Å². The van der Waals surface area contributed by atoms with Gasteiger partial charge in [-0.15, -0.1) is 0 Å². The van der Waals surface area contributed by atoms with Gasteiger partial charge < -0.3 is 9.47 Å². The van der Waals surface area contributed by atoms with E-state index in [4.69, 9.17) is 4.74 Å². The van der Waals surface area contributed by atoms with Crippen molar-refractivity contribution in [2.24, 2.45) is 5.41 Å². The van der Waals surface area contributed by atoms with E-state index in [0.29, 0.717) is 11.5 Å². The standard InChI is InChI=1S/C11H20O4S/c1-11(2,10(12)14-3)8-16(13)7-9-5-4-6-15-9/h9H,4-8H2,1-3H3. The molecule has 0 spiro atoms. The molecule has 1 aliphatic heterocycles. The van der Waals surface area contributed by atoms with Crippen molar-refractivity contribution in [1.29, 1.82) is 0 Å². The highest BCUT2D eigenvalue weighted by Crippen LogP contribution is 2.20. The molecule has 16 heavy (non-hydrogen) atoms. The van der Waals surface area contributed by atoms with E-state index in [-0.39, 0.29) is 12.1 Å². The lowest BCUT2D eigenvalue weighted by molar-refractivity contribution is -0.149. The van der Waals surface area contributed by atoms with E-state index in [0.717, 1.165) is 19.4 Å². The third kappa shape index (κ3) is 3.87. The average Bonchev–Trinajstić information content (AvgIpc) is 2.67. The monoisotopic (exact) mass is 248 g/mol. The van der Waals surface area contributed by atoms with Gasteiger partial charge in [0.1, 0.15) is 0 Å². The van der Waals surface area contributed by atoms with E-state index in [2.05, 4.69) is 4.74 Å². The first-order valence-electron chi connectivity index (χ1n) is 5.50. The summed E-state index contributed by atoms with van der Waals surface area (Å²) in [7, 11) is 0.327. The molecule has 0 aliphatic carbocycles. The summed E-state index contributed by atoms with van der Waals surface area (Å²) in [6.07, 6.45) is 2.13. The molecule has 2 unspecified atom stereocenters. The SMILES string of the molecule is COC(=O)C(C)(C)CS(=O)CC1CCCO1. The molecule has 1 rings (SSSR count). The molecule has 1 fully saturated rings. The number of hydrogen-bond donors (Lipinski definition) is 0. The van der Waals surface area contributed by atoms with Crippen molar-refractivity contribution < 1.29 is 18.5 Å². The minimum atomic E-state index is -1.03. The van der Waals surface area contributed by atoms with Crippen molar-refractivity contribution >= 4 is 16.8 Å². The molecule has 0 aromatic carbocycles. The summed E-state index contributed by atoms with van der Waals surface area (Å²) in [5.41, 5.74) is -0.682. The van der Waals surface area contributed by atoms with Crippen molar-refractivity contribution in [2.75, 3.05) is 25.2 Å². The highest BCUT2D eigenvalue weighted by Gasteiger charge is 2.32. The van der Waals surface area contributed by atoms with Gasteiger partial charge in [-0.25, -0.2) is 0 Å². The van der Waals surface area contributed by atoms with Crippen LogP contribution in [0.4, 0.5) is 0 Å². The largest absolute Gasteiger partial charge is 0.469 e. The van der Waals surface area contributed by atoms with Crippen LogP contribution in [0.5, 0.6) is 0 Å². The van der Waals surface area contributed by atoms with Gasteiger partial charge >= 0.3 is 5.97 Å². The van der Waals surface area contributed by atoms with Gasteiger partial charge in [0.2, 0.25) is 0 Å². The van der Waals surface area contributed by atoms with E-state index in [1.54, 1.807) is 13.8 Å². The van der Waals surface area contributed by atoms with Crippen LogP contribution in [0.3, 0.4) is 0 Å². The van der Waals surface area contributed by atoms with Crippen LogP contribution in [0.1, 0.15) is 26.7 Å². The summed E-state index contributed by atoms with van der Waals surface area (Å²) in [6, 6.07) is 0. The fourth-order valence-corrected chi connectivity index (χ4v) is 3.50. The van der Waals surface area contributed by atoms with E-state index in [9.17, 15) is 9.00 Å². The van der Waals surface area contributed by atoms with Crippen molar-refractivity contribution in [2.45, 2.75) is 32.8 Å². The molecule has 0 radical (unpaired) electrons. The molecule has 2 atom stereocenters. The van der Waals surface area contributed by atoms with Gasteiger partial charge in [-0.2, -0.15) is 0 Å². The first-order valence-corrected chi connectivity index (χ1v) is 6.99. The normalized spacial score (nSPS) is 23.1. The lowest BCUT2D eigenvalue weighted by Gasteiger charge is -2.21. The third-order valence-electron chi connectivity index (χ3n) is 2.66. The molecule has 1 saturated heterocycles. The molecular formula is C11H20O4S. The quantitative estimate of drug-likeness (QED) is 0.684. The Labute approximate surface area is 99.1 Å². The van der Waals surface area contributed by atoms with Crippen LogP contribution in [0.25, 0.3) is 0 Å². The second-order valence-electron chi connectivity index (χ2n) is 4.76. The molecule has 0 aromatic rings. The van der Waals surface area contributed by atoms with Crippen LogP contribution in [0.15, 0.2) is 0 Å². The summed E-state index contributed by atoms with van der Waals surface area (Å²) in [5.74, 6) is 0.549. The van der Waals surface area contributed by atoms with Crippen LogP contribution in [-0.4, -0.2) is 41.5 Å². The van der Waals surface area contributed by atoms with Crippen LogP contribution in [-0.2, 0) is 25.1 Å². The average molecular weight is 248 g/mol. The van der Waals surface area contributed by atoms with Crippen molar-refractivity contribution in [1.82, 2.24) is 0 Å². The van der Waals surface area contributed by atoms with Gasteiger partial charge in [-0.05, 0) is 26.7 Å². The zero-order valence-corrected chi connectivity index (χ0v) is 11.0. The van der Waals surface area contributed by atoms with Gasteiger partial charge in [0.15, 0.2) is 0 Å². The first kappa shape index (κ1) is 13.6. The summed E-state index contributed by atoms with van der Waals surface area (Å²) >= 11 is 0. The maximum atomic E-state index is 11.9. The Bertz CT molecular complexity index is 269. The molecule has 94 valence electrons. The minimum absolute atomic E-state index is 0.106. The fraction of sp³-hybridized carbons (Fsp3) is 0.909. The van der Waals surface area contributed by atoms with E-state index < -0.39 is 16.2 Å². The summed E-state index contributed by atoms with van der Waals surface area (Å²) in [4.78, 5) is 11.4. The highest BCUT2D eigenvalue weighted by atomic mass is 32.2. The molecule has 0 saturated carbocycles. The second kappa shape index (κ2) is 5.77. The summed E-state index contributed by atoms with van der Waals surface area (Å²) in [6.45, 7) is 4.28. The second-order valence-corrected chi connectivity index (χ2v) is 6.26. The number of carbonyl (C=O) groups is 1. The Balaban J connectivity index is 2.40. The number of rotatable bonds is 5.